The van der Waals surface area contributed by atoms with Crippen LogP contribution in [0.3, 0.4) is 0 Å². The number of pyridine rings is 1. The standard InChI is InChI=1S/C51H58BrF3N4O4Si/c1-36(61-7)46-43(30-39(32-56-46)57-25-27-58(28-26-57)48(60)62-33-37-17-11-8-12-18-37)47-44(42-29-38(52)23-24-45(42)59(47)34-51(53,54)55)31-50(5,6)35-63-64(49(2,3)4,40-19-13-9-14-20-40)41-21-15-10-16-22-41/h8-24,29-30,32,36H,25-28,31,33-35H2,1-7H3/t36-/m0/s1. The van der Waals surface area contributed by atoms with Gasteiger partial charge < -0.3 is 28.3 Å². The number of anilines is 1. The van der Waals surface area contributed by atoms with Crippen molar-refractivity contribution in [2.45, 2.75) is 78.4 Å². The van der Waals surface area contributed by atoms with Gasteiger partial charge in [0.05, 0.1) is 29.4 Å². The first-order valence-corrected chi connectivity index (χ1v) is 24.5. The lowest BCUT2D eigenvalue weighted by Crippen LogP contribution is -2.67. The van der Waals surface area contributed by atoms with E-state index in [1.54, 1.807) is 30.3 Å². The molecule has 0 unspecified atom stereocenters. The lowest BCUT2D eigenvalue weighted by molar-refractivity contribution is -0.139. The molecule has 1 aliphatic rings. The summed E-state index contributed by atoms with van der Waals surface area (Å²) >= 11 is 3.65. The maximum atomic E-state index is 14.9. The molecule has 1 aliphatic heterocycles. The number of alkyl halides is 3. The van der Waals surface area contributed by atoms with Gasteiger partial charge in [0.1, 0.15) is 13.2 Å². The van der Waals surface area contributed by atoms with E-state index < -0.39 is 32.6 Å². The highest BCUT2D eigenvalue weighted by Gasteiger charge is 2.51. The molecule has 0 radical (unpaired) electrons. The number of hydrogen-bond donors (Lipinski definition) is 0. The monoisotopic (exact) mass is 954 g/mol. The van der Waals surface area contributed by atoms with E-state index in [9.17, 15) is 18.0 Å². The zero-order valence-electron chi connectivity index (χ0n) is 37.7. The summed E-state index contributed by atoms with van der Waals surface area (Å²) < 4.78 is 65.8. The molecule has 338 valence electrons. The van der Waals surface area contributed by atoms with Gasteiger partial charge in [-0.15, -0.1) is 0 Å². The molecular formula is C51H58BrF3N4O4Si. The van der Waals surface area contributed by atoms with Crippen molar-refractivity contribution in [2.24, 2.45) is 5.41 Å². The van der Waals surface area contributed by atoms with E-state index in [0.29, 0.717) is 61.7 Å². The third-order valence-electron chi connectivity index (χ3n) is 12.2. The summed E-state index contributed by atoms with van der Waals surface area (Å²) in [6.45, 7) is 14.0. The van der Waals surface area contributed by atoms with Gasteiger partial charge in [0.2, 0.25) is 0 Å². The molecule has 1 saturated heterocycles. The van der Waals surface area contributed by atoms with Gasteiger partial charge in [-0.3, -0.25) is 4.98 Å². The summed E-state index contributed by atoms with van der Waals surface area (Å²) in [6, 6.07) is 37.9. The number of hydrogen-bond acceptors (Lipinski definition) is 6. The summed E-state index contributed by atoms with van der Waals surface area (Å²) in [6.07, 6.45) is -3.31. The van der Waals surface area contributed by atoms with Gasteiger partial charge >= 0.3 is 12.3 Å². The molecule has 13 heteroatoms. The van der Waals surface area contributed by atoms with Crippen LogP contribution in [0.2, 0.25) is 5.04 Å². The molecule has 6 aromatic rings. The summed E-state index contributed by atoms with van der Waals surface area (Å²) in [5, 5.41) is 2.76. The van der Waals surface area contributed by atoms with E-state index in [1.165, 1.54) is 4.57 Å². The number of aromatic nitrogens is 2. The Balaban J connectivity index is 1.29. The number of benzene rings is 4. The number of halogens is 4. The molecule has 1 fully saturated rings. The van der Waals surface area contributed by atoms with Crippen LogP contribution in [0, 0.1) is 5.41 Å². The fraction of sp³-hybridized carbons (Fsp3) is 0.373. The molecule has 1 atom stereocenters. The van der Waals surface area contributed by atoms with E-state index in [-0.39, 0.29) is 17.7 Å². The van der Waals surface area contributed by atoms with Crippen LogP contribution in [0.15, 0.2) is 126 Å². The molecule has 0 N–H and O–H groups in total. The number of carbonyl (C=O) groups excluding carboxylic acids is 1. The smallest absolute Gasteiger partial charge is 0.410 e. The quantitative estimate of drug-likeness (QED) is 0.101. The molecule has 3 heterocycles. The van der Waals surface area contributed by atoms with E-state index >= 15 is 0 Å². The first-order chi connectivity index (χ1) is 30.4. The van der Waals surface area contributed by atoms with E-state index in [0.717, 1.165) is 37.0 Å². The van der Waals surface area contributed by atoms with Crippen molar-refractivity contribution in [3.8, 4) is 11.3 Å². The second-order valence-corrected chi connectivity index (χ2v) is 23.7. The summed E-state index contributed by atoms with van der Waals surface area (Å²) in [5.74, 6) is 0. The fourth-order valence-corrected chi connectivity index (χ4v) is 14.2. The van der Waals surface area contributed by atoms with Crippen molar-refractivity contribution in [2.75, 3.05) is 44.8 Å². The molecule has 7 rings (SSSR count). The number of methoxy groups -OCH3 is 1. The molecule has 1 amide bonds. The largest absolute Gasteiger partial charge is 0.445 e. The predicted octanol–water partition coefficient (Wildman–Crippen LogP) is 11.3. The normalized spacial score (nSPS) is 14.5. The minimum Gasteiger partial charge on any atom is -0.445 e. The molecule has 4 aromatic carbocycles. The SMILES string of the molecule is CO[C@@H](C)c1ncc(N2CCN(C(=O)OCc3ccccc3)CC2)cc1-c1c(CC(C)(C)CO[Si](c2ccccc2)(c2ccccc2)C(C)(C)C)c2cc(Br)ccc2n1CC(F)(F)F. The third-order valence-corrected chi connectivity index (χ3v) is 17.7. The molecule has 0 spiro atoms. The van der Waals surface area contributed by atoms with Crippen LogP contribution < -0.4 is 15.3 Å². The van der Waals surface area contributed by atoms with E-state index in [4.69, 9.17) is 18.9 Å². The van der Waals surface area contributed by atoms with Crippen molar-refractivity contribution < 1.29 is 31.9 Å². The first-order valence-electron chi connectivity index (χ1n) is 21.8. The zero-order chi connectivity index (χ0) is 45.9. The Morgan fingerprint density at radius 1 is 0.828 bits per heavy atom. The van der Waals surface area contributed by atoms with Crippen LogP contribution in [0.25, 0.3) is 22.2 Å². The molecule has 0 aliphatic carbocycles. The molecule has 64 heavy (non-hydrogen) atoms. The Morgan fingerprint density at radius 3 is 1.98 bits per heavy atom. The third kappa shape index (κ3) is 10.3. The van der Waals surface area contributed by atoms with Crippen LogP contribution >= 0.6 is 15.9 Å². The van der Waals surface area contributed by atoms with Crippen LogP contribution in [0.5, 0.6) is 0 Å². The summed E-state index contributed by atoms with van der Waals surface area (Å²) in [4.78, 5) is 21.8. The Hall–Kier alpha value is -4.95. The predicted molar refractivity (Wildman–Crippen MR) is 256 cm³/mol. The highest BCUT2D eigenvalue weighted by Crippen LogP contribution is 2.45. The van der Waals surface area contributed by atoms with Gasteiger partial charge in [0.25, 0.3) is 8.32 Å². The van der Waals surface area contributed by atoms with Gasteiger partial charge in [0, 0.05) is 60.8 Å². The molecule has 2 aromatic heterocycles. The van der Waals surface area contributed by atoms with Gasteiger partial charge in [0.15, 0.2) is 0 Å². The van der Waals surface area contributed by atoms with Gasteiger partial charge in [-0.2, -0.15) is 13.2 Å². The maximum absolute atomic E-state index is 14.9. The van der Waals surface area contributed by atoms with Gasteiger partial charge in [-0.1, -0.05) is 142 Å². The number of amides is 1. The average Bonchev–Trinajstić information content (AvgIpc) is 3.54. The Bertz CT molecular complexity index is 2480. The van der Waals surface area contributed by atoms with E-state index in [2.05, 4.69) is 104 Å². The maximum Gasteiger partial charge on any atom is 0.410 e. The number of piperazine rings is 1. The van der Waals surface area contributed by atoms with Gasteiger partial charge in [-0.25, -0.2) is 4.79 Å². The topological polar surface area (TPSA) is 69.1 Å². The Kier molecular flexibility index (Phi) is 14.1. The van der Waals surface area contributed by atoms with Crippen LogP contribution in [-0.2, 0) is 33.5 Å². The zero-order valence-corrected chi connectivity index (χ0v) is 40.3. The van der Waals surface area contributed by atoms with Crippen molar-refractivity contribution in [1.82, 2.24) is 14.5 Å². The lowest BCUT2D eigenvalue weighted by atomic mass is 9.84. The molecule has 0 saturated carbocycles. The number of ether oxygens (including phenoxy) is 2. The minimum atomic E-state index is -4.53. The van der Waals surface area contributed by atoms with E-state index in [1.807, 2.05) is 61.5 Å². The van der Waals surface area contributed by atoms with Crippen LogP contribution in [0.4, 0.5) is 23.7 Å². The van der Waals surface area contributed by atoms with Crippen LogP contribution in [0.1, 0.15) is 64.5 Å². The second kappa shape index (κ2) is 19.3. The fourth-order valence-electron chi connectivity index (χ4n) is 9.04. The number of fused-ring (bicyclic) bond motifs is 1. The average molecular weight is 956 g/mol. The number of rotatable bonds is 14. The number of carbonyl (C=O) groups is 1. The molecular weight excluding hydrogens is 898 g/mol. The first kappa shape index (κ1) is 47.0. The van der Waals surface area contributed by atoms with Crippen molar-refractivity contribution in [3.05, 3.63) is 143 Å². The molecule has 8 nitrogen and oxygen atoms in total. The van der Waals surface area contributed by atoms with Crippen LogP contribution in [-0.4, -0.2) is 74.9 Å². The highest BCUT2D eigenvalue weighted by atomic mass is 79.9. The summed E-state index contributed by atoms with van der Waals surface area (Å²) in [5.41, 5.74) is 3.86. The highest BCUT2D eigenvalue weighted by molar-refractivity contribution is 9.10. The van der Waals surface area contributed by atoms with Crippen molar-refractivity contribution in [3.63, 3.8) is 0 Å². The second-order valence-electron chi connectivity index (χ2n) is 18.5. The minimum absolute atomic E-state index is 0.180. The lowest BCUT2D eigenvalue weighted by Gasteiger charge is -2.44. The molecule has 0 bridgehead atoms. The van der Waals surface area contributed by atoms with Crippen molar-refractivity contribution >= 4 is 57.3 Å². The van der Waals surface area contributed by atoms with Crippen molar-refractivity contribution in [1.29, 1.82) is 0 Å². The Labute approximate surface area is 384 Å². The Morgan fingerprint density at radius 2 is 1.42 bits per heavy atom. The number of nitrogens with zero attached hydrogens (tertiary/aromatic N) is 4. The van der Waals surface area contributed by atoms with Gasteiger partial charge in [-0.05, 0) is 69.6 Å². The summed E-state index contributed by atoms with van der Waals surface area (Å²) in [7, 11) is -1.38.